The van der Waals surface area contributed by atoms with Crippen molar-refractivity contribution < 1.29 is 23.8 Å². The maximum Gasteiger partial charge on any atom is 0.326 e. The second-order valence-electron chi connectivity index (χ2n) is 5.46. The molecule has 1 heterocycles. The summed E-state index contributed by atoms with van der Waals surface area (Å²) in [4.78, 5) is 24.7. The lowest BCUT2D eigenvalue weighted by atomic mass is 10.2. The normalized spacial score (nSPS) is 20.2. The highest BCUT2D eigenvalue weighted by Crippen LogP contribution is 2.23. The summed E-state index contributed by atoms with van der Waals surface area (Å²) >= 11 is 0. The molecule has 1 aliphatic heterocycles. The fraction of sp³-hybridized carbons (Fsp3) is 0.467. The third kappa shape index (κ3) is 4.89. The van der Waals surface area contributed by atoms with Crippen molar-refractivity contribution in [3.05, 3.63) is 35.9 Å². The minimum absolute atomic E-state index is 0.189. The zero-order valence-corrected chi connectivity index (χ0v) is 13.9. The number of hydrogen-bond donors (Lipinski definition) is 2. The van der Waals surface area contributed by atoms with Crippen molar-refractivity contribution in [2.45, 2.75) is 38.5 Å². The predicted octanol–water partition coefficient (Wildman–Crippen LogP) is 1.65. The molecule has 3 atom stereocenters. The Bertz CT molecular complexity index is 580. The summed E-state index contributed by atoms with van der Waals surface area (Å²) in [7, 11) is -2.59. The first-order valence-electron chi connectivity index (χ1n) is 7.49. The van der Waals surface area contributed by atoms with Crippen LogP contribution >= 0.6 is 8.18 Å². The molecule has 1 unspecified atom stereocenters. The molecule has 0 aliphatic carbocycles. The van der Waals surface area contributed by atoms with Crippen molar-refractivity contribution >= 4 is 20.1 Å². The number of hydrogen-bond acceptors (Lipinski definition) is 4. The summed E-state index contributed by atoms with van der Waals surface area (Å²) in [5, 5.41) is 11.7. The maximum absolute atomic E-state index is 12.3. The van der Waals surface area contributed by atoms with E-state index in [0.717, 1.165) is 5.56 Å². The number of carboxylic acid groups (broad SMARTS) is 1. The Hall–Kier alpha value is -1.69. The molecule has 2 N–H and O–H groups in total. The summed E-state index contributed by atoms with van der Waals surface area (Å²) in [5.74, 6) is -1.37. The van der Waals surface area contributed by atoms with Gasteiger partial charge in [0, 0.05) is 6.54 Å². The van der Waals surface area contributed by atoms with E-state index < -0.39 is 26.2 Å². The Labute approximate surface area is 135 Å². The summed E-state index contributed by atoms with van der Waals surface area (Å²) in [6.45, 7) is 2.16. The molecule has 2 rings (SSSR count). The standard InChI is InChI=1S/C15H21N2O5P/c1-11(14(18)17-9-5-8-13(17)15(19)20)16-23(21)22-10-12-6-3-2-4-7-12/h2-4,6-7,11,13,23H,5,8-10H2,1H3,(H,16,21)(H,19,20)/t11-,13-/m0/s1. The van der Waals surface area contributed by atoms with Crippen molar-refractivity contribution in [1.82, 2.24) is 9.99 Å². The molecule has 1 aromatic carbocycles. The highest BCUT2D eigenvalue weighted by molar-refractivity contribution is 7.36. The van der Waals surface area contributed by atoms with E-state index in [2.05, 4.69) is 5.09 Å². The molecular weight excluding hydrogens is 319 g/mol. The number of carboxylic acids is 1. The topological polar surface area (TPSA) is 95.9 Å². The first-order chi connectivity index (χ1) is 11.0. The van der Waals surface area contributed by atoms with Crippen LogP contribution in [0.1, 0.15) is 25.3 Å². The number of aliphatic carboxylic acids is 1. The molecule has 8 heteroatoms. The molecule has 126 valence electrons. The summed E-state index contributed by atoms with van der Waals surface area (Å²) in [6, 6.07) is 7.75. The second kappa shape index (κ2) is 8.24. The molecule has 23 heavy (non-hydrogen) atoms. The van der Waals surface area contributed by atoms with Crippen LogP contribution in [0, 0.1) is 0 Å². The van der Waals surface area contributed by atoms with Crippen LogP contribution in [0.3, 0.4) is 0 Å². The monoisotopic (exact) mass is 340 g/mol. The Morgan fingerprint density at radius 3 is 2.78 bits per heavy atom. The quantitative estimate of drug-likeness (QED) is 0.733. The third-order valence-corrected chi connectivity index (χ3v) is 4.81. The Balaban J connectivity index is 1.83. The number of carbonyl (C=O) groups excluding carboxylic acids is 1. The molecular formula is C15H21N2O5P. The molecule has 0 saturated carbocycles. The van der Waals surface area contributed by atoms with Crippen molar-refractivity contribution in [3.8, 4) is 0 Å². The van der Waals surface area contributed by atoms with Crippen LogP contribution in [-0.4, -0.2) is 40.5 Å². The van der Waals surface area contributed by atoms with Gasteiger partial charge in [0.2, 0.25) is 5.91 Å². The number of rotatable bonds is 7. The van der Waals surface area contributed by atoms with Gasteiger partial charge >= 0.3 is 5.97 Å². The van der Waals surface area contributed by atoms with E-state index in [1.807, 2.05) is 30.3 Å². The smallest absolute Gasteiger partial charge is 0.326 e. The van der Waals surface area contributed by atoms with Crippen LogP contribution in [0.4, 0.5) is 0 Å². The number of nitrogens with one attached hydrogen (secondary N) is 1. The zero-order valence-electron chi connectivity index (χ0n) is 12.9. The molecule has 7 nitrogen and oxygen atoms in total. The molecule has 0 aromatic heterocycles. The van der Waals surface area contributed by atoms with Crippen LogP contribution in [0.15, 0.2) is 30.3 Å². The summed E-state index contributed by atoms with van der Waals surface area (Å²) in [5.41, 5.74) is 0.886. The number of amides is 1. The van der Waals surface area contributed by atoms with E-state index in [-0.39, 0.29) is 12.5 Å². The lowest BCUT2D eigenvalue weighted by Crippen LogP contribution is -2.47. The molecule has 0 bridgehead atoms. The van der Waals surface area contributed by atoms with Gasteiger partial charge in [0.25, 0.3) is 8.18 Å². The average Bonchev–Trinajstić information content (AvgIpc) is 3.03. The molecule has 1 amide bonds. The minimum Gasteiger partial charge on any atom is -0.480 e. The number of nitrogens with zero attached hydrogens (tertiary/aromatic N) is 1. The molecule has 1 aliphatic rings. The van der Waals surface area contributed by atoms with E-state index >= 15 is 0 Å². The SMILES string of the molecule is C[C@H](N[PH](=O)OCc1ccccc1)C(=O)N1CCC[C@H]1C(=O)O. The van der Waals surface area contributed by atoms with Crippen LogP contribution in [0.2, 0.25) is 0 Å². The van der Waals surface area contributed by atoms with Gasteiger partial charge in [-0.1, -0.05) is 30.3 Å². The predicted molar refractivity (Wildman–Crippen MR) is 85.2 cm³/mol. The average molecular weight is 340 g/mol. The van der Waals surface area contributed by atoms with E-state index in [9.17, 15) is 14.2 Å². The molecule has 1 aromatic rings. The third-order valence-electron chi connectivity index (χ3n) is 3.74. The minimum atomic E-state index is -2.59. The lowest BCUT2D eigenvalue weighted by molar-refractivity contribution is -0.148. The number of benzene rings is 1. The highest BCUT2D eigenvalue weighted by Gasteiger charge is 2.36. The van der Waals surface area contributed by atoms with Gasteiger partial charge in [0.1, 0.15) is 6.04 Å². The molecule has 1 saturated heterocycles. The molecule has 0 radical (unpaired) electrons. The van der Waals surface area contributed by atoms with Crippen LogP contribution in [0.25, 0.3) is 0 Å². The van der Waals surface area contributed by atoms with Gasteiger partial charge in [-0.25, -0.2) is 9.88 Å². The molecule has 0 spiro atoms. The van der Waals surface area contributed by atoms with Crippen molar-refractivity contribution in [2.24, 2.45) is 0 Å². The van der Waals surface area contributed by atoms with Gasteiger partial charge in [-0.2, -0.15) is 0 Å². The Morgan fingerprint density at radius 2 is 2.13 bits per heavy atom. The van der Waals surface area contributed by atoms with Gasteiger partial charge in [-0.15, -0.1) is 0 Å². The van der Waals surface area contributed by atoms with Crippen LogP contribution < -0.4 is 5.09 Å². The van der Waals surface area contributed by atoms with Gasteiger partial charge < -0.3 is 14.5 Å². The Morgan fingerprint density at radius 1 is 1.43 bits per heavy atom. The van der Waals surface area contributed by atoms with E-state index in [1.54, 1.807) is 6.92 Å². The first kappa shape index (κ1) is 17.7. The largest absolute Gasteiger partial charge is 0.480 e. The van der Waals surface area contributed by atoms with Gasteiger partial charge in [-0.05, 0) is 25.3 Å². The fourth-order valence-corrected chi connectivity index (χ4v) is 3.40. The van der Waals surface area contributed by atoms with Gasteiger partial charge in [0.15, 0.2) is 0 Å². The maximum atomic E-state index is 12.3. The second-order valence-corrected chi connectivity index (χ2v) is 6.61. The molecule has 1 fully saturated rings. The highest BCUT2D eigenvalue weighted by atomic mass is 31.1. The summed E-state index contributed by atoms with van der Waals surface area (Å²) < 4.78 is 17.2. The van der Waals surface area contributed by atoms with Crippen molar-refractivity contribution in [3.63, 3.8) is 0 Å². The fourth-order valence-electron chi connectivity index (χ4n) is 2.54. The lowest BCUT2D eigenvalue weighted by Gasteiger charge is -2.25. The summed E-state index contributed by atoms with van der Waals surface area (Å²) in [6.07, 6.45) is 1.11. The first-order valence-corrected chi connectivity index (χ1v) is 8.81. The number of likely N-dealkylation sites (tertiary alicyclic amines) is 1. The number of carbonyl (C=O) groups is 2. The van der Waals surface area contributed by atoms with Gasteiger partial charge in [0.05, 0.1) is 12.6 Å². The van der Waals surface area contributed by atoms with Crippen LogP contribution in [0.5, 0.6) is 0 Å². The van der Waals surface area contributed by atoms with Gasteiger partial charge in [-0.3, -0.25) is 9.36 Å². The van der Waals surface area contributed by atoms with E-state index in [4.69, 9.17) is 9.63 Å². The van der Waals surface area contributed by atoms with E-state index in [0.29, 0.717) is 19.4 Å². The van der Waals surface area contributed by atoms with E-state index in [1.165, 1.54) is 4.90 Å². The zero-order chi connectivity index (χ0) is 16.8. The van der Waals surface area contributed by atoms with Crippen molar-refractivity contribution in [2.75, 3.05) is 6.54 Å². The Kier molecular flexibility index (Phi) is 6.33. The van der Waals surface area contributed by atoms with Crippen LogP contribution in [-0.2, 0) is 25.3 Å². The van der Waals surface area contributed by atoms with Crippen molar-refractivity contribution in [1.29, 1.82) is 0 Å².